The molecule has 6 heteroatoms. The second kappa shape index (κ2) is 7.28. The molecule has 4 rings (SSSR count). The highest BCUT2D eigenvalue weighted by atomic mass is 32.2. The Morgan fingerprint density at radius 3 is 2.29 bits per heavy atom. The van der Waals surface area contributed by atoms with Gasteiger partial charge in [-0.3, -0.25) is 0 Å². The van der Waals surface area contributed by atoms with Crippen LogP contribution in [-0.4, -0.2) is 4.98 Å². The number of hydrogen-bond donors (Lipinski definition) is 0. The third-order valence-corrected chi connectivity index (χ3v) is 5.23. The molecule has 0 aliphatic rings. The van der Waals surface area contributed by atoms with Crippen molar-refractivity contribution in [2.45, 2.75) is 16.1 Å². The summed E-state index contributed by atoms with van der Waals surface area (Å²) in [7, 11) is 0. The number of benzene rings is 3. The van der Waals surface area contributed by atoms with E-state index in [1.54, 1.807) is 18.2 Å². The first-order valence-corrected chi connectivity index (χ1v) is 9.23. The molecule has 0 spiro atoms. The molecule has 0 amide bonds. The number of para-hydroxylation sites is 1. The maximum Gasteiger partial charge on any atom is 0.416 e. The average molecular weight is 399 g/mol. The molecule has 4 aromatic rings. The first-order valence-electron chi connectivity index (χ1n) is 8.41. The zero-order chi connectivity index (χ0) is 19.7. The van der Waals surface area contributed by atoms with Gasteiger partial charge >= 0.3 is 6.18 Å². The van der Waals surface area contributed by atoms with Crippen molar-refractivity contribution >= 4 is 22.7 Å². The minimum Gasteiger partial charge on any atom is -0.240 e. The summed E-state index contributed by atoms with van der Waals surface area (Å²) >= 11 is 1.29. The molecular weight excluding hydrogens is 386 g/mol. The van der Waals surface area contributed by atoms with Gasteiger partial charge in [0, 0.05) is 15.8 Å². The van der Waals surface area contributed by atoms with Gasteiger partial charge in [-0.2, -0.15) is 13.2 Å². The summed E-state index contributed by atoms with van der Waals surface area (Å²) in [6.07, 6.45) is -4.43. The normalized spacial score (nSPS) is 11.7. The van der Waals surface area contributed by atoms with Crippen molar-refractivity contribution in [1.82, 2.24) is 4.98 Å². The molecule has 0 saturated carbocycles. The lowest BCUT2D eigenvalue weighted by Gasteiger charge is -2.13. The molecule has 1 heterocycles. The van der Waals surface area contributed by atoms with Gasteiger partial charge in [0.05, 0.1) is 11.1 Å². The lowest BCUT2D eigenvalue weighted by Crippen LogP contribution is -2.04. The number of nitrogens with zero attached hydrogens (tertiary/aromatic N) is 1. The predicted octanol–water partition coefficient (Wildman–Crippen LogP) is 7.21. The van der Waals surface area contributed by atoms with Gasteiger partial charge in [-0.15, -0.1) is 0 Å². The molecule has 0 bridgehead atoms. The fraction of sp³-hybridized carbons (Fsp3) is 0.0455. The largest absolute Gasteiger partial charge is 0.416 e. The molecule has 0 radical (unpaired) electrons. The molecule has 3 aromatic carbocycles. The minimum atomic E-state index is -4.43. The van der Waals surface area contributed by atoms with Crippen molar-refractivity contribution in [1.29, 1.82) is 0 Å². The summed E-state index contributed by atoms with van der Waals surface area (Å²) in [4.78, 5) is 5.40. The van der Waals surface area contributed by atoms with E-state index in [1.807, 2.05) is 30.3 Å². The Hall–Kier alpha value is -2.86. The van der Waals surface area contributed by atoms with Crippen LogP contribution in [0.1, 0.15) is 5.56 Å². The Bertz CT molecular complexity index is 1140. The van der Waals surface area contributed by atoms with Gasteiger partial charge in [-0.25, -0.2) is 9.37 Å². The Morgan fingerprint density at radius 2 is 1.54 bits per heavy atom. The highest BCUT2D eigenvalue weighted by molar-refractivity contribution is 7.99. The Kier molecular flexibility index (Phi) is 4.81. The molecule has 0 aliphatic carbocycles. The van der Waals surface area contributed by atoms with Crippen molar-refractivity contribution in [2.24, 2.45) is 0 Å². The molecule has 28 heavy (non-hydrogen) atoms. The van der Waals surface area contributed by atoms with E-state index in [4.69, 9.17) is 0 Å². The maximum absolute atomic E-state index is 13.2. The molecule has 0 aliphatic heterocycles. The Balaban J connectivity index is 1.87. The topological polar surface area (TPSA) is 12.9 Å². The fourth-order valence-corrected chi connectivity index (χ4v) is 3.79. The van der Waals surface area contributed by atoms with Crippen molar-refractivity contribution in [3.05, 3.63) is 90.2 Å². The highest BCUT2D eigenvalue weighted by Gasteiger charge is 2.30. The summed E-state index contributed by atoms with van der Waals surface area (Å²) in [5, 5.41) is 1.39. The number of aromatic nitrogens is 1. The molecular formula is C22H13F4NS. The fourth-order valence-electron chi connectivity index (χ4n) is 2.86. The SMILES string of the molecule is Fc1ccc(Sc2nc3ccccc3cc2-c2cccc(C(F)(F)F)c2)cc1. The molecule has 0 fully saturated rings. The van der Waals surface area contributed by atoms with E-state index in [-0.39, 0.29) is 5.82 Å². The monoisotopic (exact) mass is 399 g/mol. The van der Waals surface area contributed by atoms with Gasteiger partial charge in [0.25, 0.3) is 0 Å². The molecule has 0 N–H and O–H groups in total. The van der Waals surface area contributed by atoms with E-state index >= 15 is 0 Å². The number of hydrogen-bond acceptors (Lipinski definition) is 2. The third kappa shape index (κ3) is 3.87. The zero-order valence-electron chi connectivity index (χ0n) is 14.4. The van der Waals surface area contributed by atoms with Crippen LogP contribution in [0.25, 0.3) is 22.0 Å². The van der Waals surface area contributed by atoms with E-state index in [1.165, 1.54) is 30.0 Å². The van der Waals surface area contributed by atoms with Crippen LogP contribution in [0.15, 0.2) is 88.8 Å². The second-order valence-electron chi connectivity index (χ2n) is 6.17. The van der Waals surface area contributed by atoms with Gasteiger partial charge < -0.3 is 0 Å². The van der Waals surface area contributed by atoms with Crippen LogP contribution in [0.5, 0.6) is 0 Å². The summed E-state index contributed by atoms with van der Waals surface area (Å²) in [5.74, 6) is -0.353. The number of rotatable bonds is 3. The van der Waals surface area contributed by atoms with E-state index in [9.17, 15) is 17.6 Å². The standard InChI is InChI=1S/C22H13F4NS/c23-17-8-10-18(11-9-17)28-21-19(13-15-4-1-2-7-20(15)27-21)14-5-3-6-16(12-14)22(24,25)26/h1-13H. The van der Waals surface area contributed by atoms with Crippen LogP contribution in [0, 0.1) is 5.82 Å². The first kappa shape index (κ1) is 18.5. The summed E-state index contributed by atoms with van der Waals surface area (Å²) in [6.45, 7) is 0. The molecule has 140 valence electrons. The average Bonchev–Trinajstić information content (AvgIpc) is 2.69. The van der Waals surface area contributed by atoms with Crippen LogP contribution in [-0.2, 0) is 6.18 Å². The first-order chi connectivity index (χ1) is 13.4. The van der Waals surface area contributed by atoms with Crippen molar-refractivity contribution < 1.29 is 17.6 Å². The van der Waals surface area contributed by atoms with Crippen molar-refractivity contribution in [2.75, 3.05) is 0 Å². The highest BCUT2D eigenvalue weighted by Crippen LogP contribution is 2.38. The summed E-state index contributed by atoms with van der Waals surface area (Å²) in [6, 6.07) is 20.4. The van der Waals surface area contributed by atoms with E-state index < -0.39 is 11.7 Å². The number of fused-ring (bicyclic) bond motifs is 1. The van der Waals surface area contributed by atoms with E-state index in [2.05, 4.69) is 4.98 Å². The van der Waals surface area contributed by atoms with Crippen LogP contribution in [0.4, 0.5) is 17.6 Å². The van der Waals surface area contributed by atoms with Gasteiger partial charge in [0.2, 0.25) is 0 Å². The number of halogens is 4. The molecule has 1 aromatic heterocycles. The van der Waals surface area contributed by atoms with Gasteiger partial charge in [0.15, 0.2) is 0 Å². The van der Waals surface area contributed by atoms with Crippen molar-refractivity contribution in [3.8, 4) is 11.1 Å². The molecule has 0 unspecified atom stereocenters. The maximum atomic E-state index is 13.2. The Labute approximate surface area is 163 Å². The molecule has 0 saturated heterocycles. The van der Waals surface area contributed by atoms with Gasteiger partial charge in [-0.1, -0.05) is 42.1 Å². The third-order valence-electron chi connectivity index (χ3n) is 4.22. The van der Waals surface area contributed by atoms with Crippen LogP contribution in [0.2, 0.25) is 0 Å². The summed E-state index contributed by atoms with van der Waals surface area (Å²) < 4.78 is 52.7. The minimum absolute atomic E-state index is 0.353. The molecule has 1 nitrogen and oxygen atoms in total. The summed E-state index contributed by atoms with van der Waals surface area (Å²) in [5.41, 5.74) is 1.05. The smallest absolute Gasteiger partial charge is 0.240 e. The van der Waals surface area contributed by atoms with Crippen LogP contribution < -0.4 is 0 Å². The predicted molar refractivity (Wildman–Crippen MR) is 103 cm³/mol. The number of alkyl halides is 3. The van der Waals surface area contributed by atoms with Crippen LogP contribution in [0.3, 0.4) is 0 Å². The van der Waals surface area contributed by atoms with Gasteiger partial charge in [-0.05, 0) is 54.1 Å². The van der Waals surface area contributed by atoms with Crippen molar-refractivity contribution in [3.63, 3.8) is 0 Å². The number of pyridine rings is 1. The second-order valence-corrected chi connectivity index (χ2v) is 7.23. The molecule has 0 atom stereocenters. The van der Waals surface area contributed by atoms with Crippen LogP contribution >= 0.6 is 11.8 Å². The lowest BCUT2D eigenvalue weighted by molar-refractivity contribution is -0.137. The Morgan fingerprint density at radius 1 is 0.786 bits per heavy atom. The van der Waals surface area contributed by atoms with E-state index in [0.717, 1.165) is 27.9 Å². The van der Waals surface area contributed by atoms with E-state index in [0.29, 0.717) is 16.2 Å². The van der Waals surface area contributed by atoms with Gasteiger partial charge in [0.1, 0.15) is 10.8 Å². The zero-order valence-corrected chi connectivity index (χ0v) is 15.2. The quantitative estimate of drug-likeness (QED) is 0.338. The lowest BCUT2D eigenvalue weighted by atomic mass is 10.0.